The lowest BCUT2D eigenvalue weighted by atomic mass is 9.97. The fourth-order valence-electron chi connectivity index (χ4n) is 1.54. The zero-order chi connectivity index (χ0) is 11.3. The summed E-state index contributed by atoms with van der Waals surface area (Å²) in [5, 5.41) is 0. The van der Waals surface area contributed by atoms with Gasteiger partial charge in [-0.1, -0.05) is 6.92 Å². The van der Waals surface area contributed by atoms with E-state index in [1.165, 1.54) is 6.07 Å². The molecule has 0 aliphatic heterocycles. The van der Waals surface area contributed by atoms with Crippen molar-refractivity contribution in [2.45, 2.75) is 26.2 Å². The molecule has 0 aromatic heterocycles. The van der Waals surface area contributed by atoms with E-state index < -0.39 is 0 Å². The maximum atomic E-state index is 13.1. The third-order valence-corrected chi connectivity index (χ3v) is 2.62. The Bertz CT molecular complexity index is 314. The Balaban J connectivity index is 2.95. The molecule has 1 nitrogen and oxygen atoms in total. The van der Waals surface area contributed by atoms with Crippen LogP contribution in [0.15, 0.2) is 18.2 Å². The highest BCUT2D eigenvalue weighted by Gasteiger charge is 2.12. The molecular weight excluding hydrogens is 211 g/mol. The van der Waals surface area contributed by atoms with Crippen molar-refractivity contribution in [1.82, 2.24) is 0 Å². The number of ether oxygens (including phenoxy) is 1. The highest BCUT2D eigenvalue weighted by molar-refractivity contribution is 7.80. The molecule has 0 fully saturated rings. The van der Waals surface area contributed by atoms with E-state index in [1.54, 1.807) is 12.1 Å². The van der Waals surface area contributed by atoms with E-state index in [1.807, 2.05) is 6.92 Å². The standard InChI is InChI=1S/C12H17FOS/c1-3-14-12-5-4-10(13)8-11(12)9(2)6-7-15/h4-5,8-9,15H,3,6-7H2,1-2H3. The quantitative estimate of drug-likeness (QED) is 0.757. The minimum absolute atomic E-state index is 0.209. The van der Waals surface area contributed by atoms with Gasteiger partial charge in [-0.25, -0.2) is 4.39 Å². The molecule has 1 unspecified atom stereocenters. The van der Waals surface area contributed by atoms with Crippen molar-refractivity contribution in [3.8, 4) is 5.75 Å². The van der Waals surface area contributed by atoms with E-state index in [4.69, 9.17) is 4.74 Å². The maximum absolute atomic E-state index is 13.1. The molecular formula is C12H17FOS. The largest absolute Gasteiger partial charge is 0.494 e. The van der Waals surface area contributed by atoms with E-state index in [-0.39, 0.29) is 11.7 Å². The Labute approximate surface area is 96.1 Å². The molecule has 0 radical (unpaired) electrons. The summed E-state index contributed by atoms with van der Waals surface area (Å²) < 4.78 is 18.6. The van der Waals surface area contributed by atoms with Crippen LogP contribution in [-0.4, -0.2) is 12.4 Å². The fourth-order valence-corrected chi connectivity index (χ4v) is 1.93. The topological polar surface area (TPSA) is 9.23 Å². The lowest BCUT2D eigenvalue weighted by Crippen LogP contribution is -2.01. The first kappa shape index (κ1) is 12.4. The Morgan fingerprint density at radius 2 is 2.20 bits per heavy atom. The first-order chi connectivity index (χ1) is 7.19. The molecule has 1 rings (SSSR count). The van der Waals surface area contributed by atoms with Crippen LogP contribution in [0.2, 0.25) is 0 Å². The minimum Gasteiger partial charge on any atom is -0.494 e. The molecule has 1 aromatic carbocycles. The number of hydrogen-bond acceptors (Lipinski definition) is 2. The van der Waals surface area contributed by atoms with E-state index in [9.17, 15) is 4.39 Å². The van der Waals surface area contributed by atoms with Crippen LogP contribution in [0, 0.1) is 5.82 Å². The van der Waals surface area contributed by atoms with Crippen LogP contribution in [0.1, 0.15) is 31.7 Å². The van der Waals surface area contributed by atoms with Gasteiger partial charge in [-0.15, -0.1) is 0 Å². The summed E-state index contributed by atoms with van der Waals surface area (Å²) in [5.41, 5.74) is 0.936. The van der Waals surface area contributed by atoms with Gasteiger partial charge in [0.05, 0.1) is 6.61 Å². The first-order valence-corrected chi connectivity index (χ1v) is 5.85. The van der Waals surface area contributed by atoms with Gasteiger partial charge >= 0.3 is 0 Å². The Hall–Kier alpha value is -0.700. The average Bonchev–Trinajstić information content (AvgIpc) is 2.21. The molecule has 84 valence electrons. The summed E-state index contributed by atoms with van der Waals surface area (Å²) in [6, 6.07) is 4.68. The summed E-state index contributed by atoms with van der Waals surface area (Å²) in [6.45, 7) is 4.59. The molecule has 1 aromatic rings. The average molecular weight is 228 g/mol. The van der Waals surface area contributed by atoms with Crippen molar-refractivity contribution in [2.24, 2.45) is 0 Å². The maximum Gasteiger partial charge on any atom is 0.123 e. The van der Waals surface area contributed by atoms with E-state index >= 15 is 0 Å². The van der Waals surface area contributed by atoms with Crippen LogP contribution in [0.4, 0.5) is 4.39 Å². The Morgan fingerprint density at radius 1 is 1.47 bits per heavy atom. The monoisotopic (exact) mass is 228 g/mol. The lowest BCUT2D eigenvalue weighted by molar-refractivity contribution is 0.333. The van der Waals surface area contributed by atoms with Crippen LogP contribution in [0.3, 0.4) is 0 Å². The summed E-state index contributed by atoms with van der Waals surface area (Å²) >= 11 is 4.19. The van der Waals surface area contributed by atoms with Gasteiger partial charge in [-0.05, 0) is 48.8 Å². The van der Waals surface area contributed by atoms with Crippen LogP contribution < -0.4 is 4.74 Å². The van der Waals surface area contributed by atoms with Gasteiger partial charge in [0.15, 0.2) is 0 Å². The molecule has 15 heavy (non-hydrogen) atoms. The third kappa shape index (κ3) is 3.42. The minimum atomic E-state index is -0.209. The van der Waals surface area contributed by atoms with Crippen molar-refractivity contribution >= 4 is 12.6 Å². The molecule has 1 atom stereocenters. The molecule has 3 heteroatoms. The molecule has 0 amide bonds. The predicted octanol–water partition coefficient (Wildman–Crippen LogP) is 3.65. The van der Waals surface area contributed by atoms with Crippen LogP contribution in [-0.2, 0) is 0 Å². The van der Waals surface area contributed by atoms with Gasteiger partial charge in [-0.3, -0.25) is 0 Å². The van der Waals surface area contributed by atoms with Gasteiger partial charge in [-0.2, -0.15) is 12.6 Å². The number of benzene rings is 1. The Morgan fingerprint density at radius 3 is 2.80 bits per heavy atom. The van der Waals surface area contributed by atoms with Crippen LogP contribution >= 0.6 is 12.6 Å². The molecule has 0 bridgehead atoms. The number of halogens is 1. The highest BCUT2D eigenvalue weighted by Crippen LogP contribution is 2.29. The lowest BCUT2D eigenvalue weighted by Gasteiger charge is -2.15. The van der Waals surface area contributed by atoms with Gasteiger partial charge < -0.3 is 4.74 Å². The second-order valence-electron chi connectivity index (χ2n) is 3.53. The first-order valence-electron chi connectivity index (χ1n) is 5.22. The number of hydrogen-bond donors (Lipinski definition) is 1. The van der Waals surface area contributed by atoms with Gasteiger partial charge in [0.25, 0.3) is 0 Å². The molecule has 0 heterocycles. The van der Waals surface area contributed by atoms with Crippen LogP contribution in [0.5, 0.6) is 5.75 Å². The van der Waals surface area contributed by atoms with Crippen LogP contribution in [0.25, 0.3) is 0 Å². The summed E-state index contributed by atoms with van der Waals surface area (Å²) in [5.74, 6) is 1.65. The smallest absolute Gasteiger partial charge is 0.123 e. The van der Waals surface area contributed by atoms with Gasteiger partial charge in [0.2, 0.25) is 0 Å². The molecule has 0 spiro atoms. The normalized spacial score (nSPS) is 12.5. The fraction of sp³-hybridized carbons (Fsp3) is 0.500. The SMILES string of the molecule is CCOc1ccc(F)cc1C(C)CCS. The predicted molar refractivity (Wildman–Crippen MR) is 64.5 cm³/mol. The molecule has 0 saturated carbocycles. The second kappa shape index (κ2) is 6.01. The van der Waals surface area contributed by atoms with Crippen molar-refractivity contribution in [3.63, 3.8) is 0 Å². The highest BCUT2D eigenvalue weighted by atomic mass is 32.1. The van der Waals surface area contributed by atoms with Crippen molar-refractivity contribution < 1.29 is 9.13 Å². The van der Waals surface area contributed by atoms with E-state index in [2.05, 4.69) is 19.6 Å². The number of thiol groups is 1. The van der Waals surface area contributed by atoms with Gasteiger partial charge in [0, 0.05) is 0 Å². The van der Waals surface area contributed by atoms with Gasteiger partial charge in [0.1, 0.15) is 11.6 Å². The third-order valence-electron chi connectivity index (χ3n) is 2.36. The molecule has 0 aliphatic rings. The molecule has 0 N–H and O–H groups in total. The van der Waals surface area contributed by atoms with E-state index in [0.717, 1.165) is 23.5 Å². The zero-order valence-corrected chi connectivity index (χ0v) is 10.1. The summed E-state index contributed by atoms with van der Waals surface area (Å²) in [7, 11) is 0. The van der Waals surface area contributed by atoms with Crippen molar-refractivity contribution in [3.05, 3.63) is 29.6 Å². The second-order valence-corrected chi connectivity index (χ2v) is 3.98. The molecule has 0 aliphatic carbocycles. The summed E-state index contributed by atoms with van der Waals surface area (Å²) in [6.07, 6.45) is 0.923. The van der Waals surface area contributed by atoms with Crippen molar-refractivity contribution in [2.75, 3.05) is 12.4 Å². The van der Waals surface area contributed by atoms with E-state index in [0.29, 0.717) is 6.61 Å². The molecule has 0 saturated heterocycles. The Kier molecular flexibility index (Phi) is 4.95. The summed E-state index contributed by atoms with van der Waals surface area (Å²) in [4.78, 5) is 0. The van der Waals surface area contributed by atoms with Crippen molar-refractivity contribution in [1.29, 1.82) is 0 Å². The number of rotatable bonds is 5. The zero-order valence-electron chi connectivity index (χ0n) is 9.16.